The predicted molar refractivity (Wildman–Crippen MR) is 95.7 cm³/mol. The monoisotopic (exact) mass is 304 g/mol. The zero-order valence-electron chi connectivity index (χ0n) is 12.3. The van der Waals surface area contributed by atoms with Crippen molar-refractivity contribution < 1.29 is 4.74 Å². The second kappa shape index (κ2) is 6.54. The number of methoxy groups -OCH3 is 1. The molecule has 1 nitrogen and oxygen atoms in total. The minimum Gasteiger partial charge on any atom is -0.497 e. The van der Waals surface area contributed by atoms with Gasteiger partial charge in [0.15, 0.2) is 0 Å². The topological polar surface area (TPSA) is 9.23 Å². The summed E-state index contributed by atoms with van der Waals surface area (Å²) < 4.78 is 5.18. The molecule has 0 saturated heterocycles. The summed E-state index contributed by atoms with van der Waals surface area (Å²) in [5.41, 5.74) is 4.49. The highest BCUT2D eigenvalue weighted by atomic mass is 32.1. The molecule has 0 heterocycles. The van der Waals surface area contributed by atoms with Crippen LogP contribution in [0.3, 0.4) is 0 Å². The van der Waals surface area contributed by atoms with Crippen LogP contribution in [0.1, 0.15) is 11.1 Å². The van der Waals surface area contributed by atoms with Crippen molar-refractivity contribution in [3.8, 4) is 16.9 Å². The van der Waals surface area contributed by atoms with Crippen molar-refractivity contribution in [1.29, 1.82) is 0 Å². The van der Waals surface area contributed by atoms with Gasteiger partial charge >= 0.3 is 0 Å². The summed E-state index contributed by atoms with van der Waals surface area (Å²) in [4.78, 5) is 0.849. The van der Waals surface area contributed by atoms with E-state index in [0.29, 0.717) is 0 Å². The highest BCUT2D eigenvalue weighted by molar-refractivity contribution is 7.81. The standard InChI is InChI=1S/C20H16OS/c1-21-19-13-11-18(12-14-19)20(22)17-9-7-16(8-10-17)15-5-3-2-4-6-15/h2-14H,1H3. The van der Waals surface area contributed by atoms with Crippen LogP contribution in [0.15, 0.2) is 78.9 Å². The summed E-state index contributed by atoms with van der Waals surface area (Å²) in [6.45, 7) is 0. The molecule has 0 aliphatic carbocycles. The molecule has 2 heteroatoms. The lowest BCUT2D eigenvalue weighted by atomic mass is 10.0. The molecule has 0 amide bonds. The molecule has 0 saturated carbocycles. The molecule has 3 aromatic carbocycles. The molecule has 0 atom stereocenters. The molecule has 0 unspecified atom stereocenters. The number of hydrogen-bond donors (Lipinski definition) is 0. The molecule has 0 spiro atoms. The summed E-state index contributed by atoms with van der Waals surface area (Å²) in [5.74, 6) is 0.839. The van der Waals surface area contributed by atoms with Crippen LogP contribution < -0.4 is 4.74 Å². The molecule has 0 aliphatic rings. The number of thiocarbonyl (C=S) groups is 1. The molecule has 0 fully saturated rings. The third-order valence-corrected chi connectivity index (χ3v) is 4.08. The van der Waals surface area contributed by atoms with Gasteiger partial charge in [-0.25, -0.2) is 0 Å². The van der Waals surface area contributed by atoms with Crippen molar-refractivity contribution in [3.63, 3.8) is 0 Å². The first-order chi connectivity index (χ1) is 10.8. The molecule has 22 heavy (non-hydrogen) atoms. The number of rotatable bonds is 4. The van der Waals surface area contributed by atoms with Crippen molar-refractivity contribution in [2.75, 3.05) is 7.11 Å². The van der Waals surface area contributed by atoms with Gasteiger partial charge in [0.1, 0.15) is 5.75 Å². The van der Waals surface area contributed by atoms with E-state index in [1.165, 1.54) is 11.1 Å². The number of ether oxygens (including phenoxy) is 1. The van der Waals surface area contributed by atoms with Crippen molar-refractivity contribution in [2.24, 2.45) is 0 Å². The second-order valence-corrected chi connectivity index (χ2v) is 5.41. The van der Waals surface area contributed by atoms with E-state index in [1.807, 2.05) is 42.5 Å². The molecule has 108 valence electrons. The summed E-state index contributed by atoms with van der Waals surface area (Å²) in [5, 5.41) is 0. The predicted octanol–water partition coefficient (Wildman–Crippen LogP) is 5.13. The minimum atomic E-state index is 0.839. The van der Waals surface area contributed by atoms with E-state index in [4.69, 9.17) is 17.0 Å². The molecule has 3 aromatic rings. The first-order valence-electron chi connectivity index (χ1n) is 7.12. The fourth-order valence-electron chi connectivity index (χ4n) is 2.35. The third kappa shape index (κ3) is 3.07. The summed E-state index contributed by atoms with van der Waals surface area (Å²) in [6.07, 6.45) is 0. The minimum absolute atomic E-state index is 0.839. The molecule has 0 bridgehead atoms. The van der Waals surface area contributed by atoms with E-state index in [1.54, 1.807) is 7.11 Å². The fraction of sp³-hybridized carbons (Fsp3) is 0.0500. The van der Waals surface area contributed by atoms with E-state index >= 15 is 0 Å². The Bertz CT molecular complexity index is 759. The van der Waals surface area contributed by atoms with Crippen LogP contribution in [0.2, 0.25) is 0 Å². The molecular weight excluding hydrogens is 288 g/mol. The van der Waals surface area contributed by atoms with Crippen LogP contribution in [0.4, 0.5) is 0 Å². The van der Waals surface area contributed by atoms with Crippen LogP contribution in [0, 0.1) is 0 Å². The van der Waals surface area contributed by atoms with Gasteiger partial charge in [0.25, 0.3) is 0 Å². The normalized spacial score (nSPS) is 10.2. The lowest BCUT2D eigenvalue weighted by molar-refractivity contribution is 0.415. The molecule has 0 N–H and O–H groups in total. The highest BCUT2D eigenvalue weighted by Crippen LogP contribution is 2.21. The Morgan fingerprint density at radius 2 is 1.18 bits per heavy atom. The van der Waals surface area contributed by atoms with E-state index < -0.39 is 0 Å². The van der Waals surface area contributed by atoms with Gasteiger partial charge in [-0.05, 0) is 46.5 Å². The van der Waals surface area contributed by atoms with E-state index in [2.05, 4.69) is 36.4 Å². The van der Waals surface area contributed by atoms with Gasteiger partial charge in [0.05, 0.1) is 12.0 Å². The maximum atomic E-state index is 5.59. The molecule has 3 rings (SSSR count). The Kier molecular flexibility index (Phi) is 4.31. The number of hydrogen-bond acceptors (Lipinski definition) is 2. The van der Waals surface area contributed by atoms with Crippen LogP contribution >= 0.6 is 12.2 Å². The smallest absolute Gasteiger partial charge is 0.118 e. The van der Waals surface area contributed by atoms with Crippen LogP contribution in [-0.4, -0.2) is 12.0 Å². The number of benzene rings is 3. The average molecular weight is 304 g/mol. The Labute approximate surface area is 136 Å². The maximum Gasteiger partial charge on any atom is 0.118 e. The lowest BCUT2D eigenvalue weighted by Gasteiger charge is -2.07. The van der Waals surface area contributed by atoms with E-state index in [-0.39, 0.29) is 0 Å². The van der Waals surface area contributed by atoms with Gasteiger partial charge in [-0.3, -0.25) is 0 Å². The Morgan fingerprint density at radius 1 is 0.682 bits per heavy atom. The van der Waals surface area contributed by atoms with Gasteiger partial charge in [0.2, 0.25) is 0 Å². The molecular formula is C20H16OS. The maximum absolute atomic E-state index is 5.59. The first kappa shape index (κ1) is 14.5. The Hall–Kier alpha value is -2.45. The quantitative estimate of drug-likeness (QED) is 0.488. The highest BCUT2D eigenvalue weighted by Gasteiger charge is 2.05. The second-order valence-electron chi connectivity index (χ2n) is 5.00. The molecule has 0 aromatic heterocycles. The summed E-state index contributed by atoms with van der Waals surface area (Å²) in [7, 11) is 1.66. The Balaban J connectivity index is 1.84. The van der Waals surface area contributed by atoms with E-state index in [9.17, 15) is 0 Å². The lowest BCUT2D eigenvalue weighted by Crippen LogP contribution is -1.99. The van der Waals surface area contributed by atoms with Crippen LogP contribution in [0.25, 0.3) is 11.1 Å². The van der Waals surface area contributed by atoms with E-state index in [0.717, 1.165) is 21.7 Å². The fourth-order valence-corrected chi connectivity index (χ4v) is 2.63. The van der Waals surface area contributed by atoms with Gasteiger partial charge in [-0.2, -0.15) is 0 Å². The average Bonchev–Trinajstić information content (AvgIpc) is 2.62. The van der Waals surface area contributed by atoms with Crippen LogP contribution in [-0.2, 0) is 0 Å². The Morgan fingerprint density at radius 3 is 1.73 bits per heavy atom. The third-order valence-electron chi connectivity index (χ3n) is 3.61. The first-order valence-corrected chi connectivity index (χ1v) is 7.53. The molecule has 0 radical (unpaired) electrons. The summed E-state index contributed by atoms with van der Waals surface area (Å²) in [6, 6.07) is 26.6. The van der Waals surface area contributed by atoms with Crippen molar-refractivity contribution in [3.05, 3.63) is 90.0 Å². The van der Waals surface area contributed by atoms with Gasteiger partial charge < -0.3 is 4.74 Å². The van der Waals surface area contributed by atoms with Gasteiger partial charge in [-0.15, -0.1) is 0 Å². The SMILES string of the molecule is COc1ccc(C(=S)c2ccc(-c3ccccc3)cc2)cc1. The largest absolute Gasteiger partial charge is 0.497 e. The van der Waals surface area contributed by atoms with Gasteiger partial charge in [-0.1, -0.05) is 66.8 Å². The van der Waals surface area contributed by atoms with Crippen molar-refractivity contribution in [1.82, 2.24) is 0 Å². The zero-order valence-corrected chi connectivity index (χ0v) is 13.1. The van der Waals surface area contributed by atoms with Crippen molar-refractivity contribution >= 4 is 17.1 Å². The van der Waals surface area contributed by atoms with Gasteiger partial charge in [0, 0.05) is 0 Å². The van der Waals surface area contributed by atoms with Crippen molar-refractivity contribution in [2.45, 2.75) is 0 Å². The summed E-state index contributed by atoms with van der Waals surface area (Å²) >= 11 is 5.59. The molecule has 0 aliphatic heterocycles. The zero-order chi connectivity index (χ0) is 15.4. The van der Waals surface area contributed by atoms with Crippen LogP contribution in [0.5, 0.6) is 5.75 Å².